The number of carbonyl (C=O) groups excluding carboxylic acids is 1. The fourth-order valence-electron chi connectivity index (χ4n) is 6.40. The zero-order valence-electron chi connectivity index (χ0n) is 22.2. The van der Waals surface area contributed by atoms with Gasteiger partial charge in [0.05, 0.1) is 22.7 Å². The number of ether oxygens (including phenoxy) is 1. The first-order valence-electron chi connectivity index (χ1n) is 14.0. The topological polar surface area (TPSA) is 65.4 Å². The third-order valence-electron chi connectivity index (χ3n) is 8.24. The lowest BCUT2D eigenvalue weighted by Crippen LogP contribution is -2.12. The average Bonchev–Trinajstić information content (AvgIpc) is 3.41. The van der Waals surface area contributed by atoms with E-state index in [0.717, 1.165) is 18.4 Å². The molecule has 5 nitrogen and oxygen atoms in total. The lowest BCUT2D eigenvalue weighted by molar-refractivity contribution is 0.0885. The van der Waals surface area contributed by atoms with Gasteiger partial charge >= 0.3 is 0 Å². The Bertz CT molecular complexity index is 1380. The van der Waals surface area contributed by atoms with E-state index < -0.39 is 9.84 Å². The predicted octanol–water partition coefficient (Wildman–Crippen LogP) is 7.43. The molecule has 0 spiro atoms. The summed E-state index contributed by atoms with van der Waals surface area (Å²) in [5.41, 5.74) is 6.73. The van der Waals surface area contributed by atoms with Gasteiger partial charge in [0.25, 0.3) is 0 Å². The molecule has 0 amide bonds. The summed E-state index contributed by atoms with van der Waals surface area (Å²) >= 11 is 0. The minimum absolute atomic E-state index is 0.00454. The van der Waals surface area contributed by atoms with Gasteiger partial charge in [-0.2, -0.15) is 0 Å². The molecule has 2 aliphatic rings. The number of methoxy groups -OCH3 is 1. The van der Waals surface area contributed by atoms with Crippen LogP contribution in [0.25, 0.3) is 22.2 Å². The highest BCUT2D eigenvalue weighted by molar-refractivity contribution is 7.91. The monoisotopic (exact) mass is 521 g/mol. The molecule has 0 radical (unpaired) electrons. The molecule has 1 unspecified atom stereocenters. The van der Waals surface area contributed by atoms with Crippen LogP contribution in [0.2, 0.25) is 0 Å². The van der Waals surface area contributed by atoms with Crippen molar-refractivity contribution in [2.75, 3.05) is 18.6 Å². The smallest absolute Gasteiger partial charge is 0.162 e. The number of hydrogen-bond acceptors (Lipinski definition) is 4. The SMILES string of the molecule is CCCCCS(=O)(=O)CCCC(=O)c1ccc2c(C3CCCCC3)c3n(c2c1)C(OC)c1ccccc1-3. The van der Waals surface area contributed by atoms with Crippen LogP contribution in [0.5, 0.6) is 0 Å². The van der Waals surface area contributed by atoms with Crippen molar-refractivity contribution in [2.45, 2.75) is 83.3 Å². The number of sulfone groups is 1. The van der Waals surface area contributed by atoms with Crippen LogP contribution < -0.4 is 0 Å². The van der Waals surface area contributed by atoms with Gasteiger partial charge in [0.15, 0.2) is 12.0 Å². The zero-order chi connectivity index (χ0) is 26.0. The van der Waals surface area contributed by atoms with E-state index in [2.05, 4.69) is 41.8 Å². The molecular formula is C31H39NO4S. The highest BCUT2D eigenvalue weighted by atomic mass is 32.2. The summed E-state index contributed by atoms with van der Waals surface area (Å²) in [6, 6.07) is 14.6. The molecule has 2 aromatic carbocycles. The number of fused-ring (bicyclic) bond motifs is 5. The highest BCUT2D eigenvalue weighted by Crippen LogP contribution is 2.51. The van der Waals surface area contributed by atoms with Crippen LogP contribution in [-0.4, -0.2) is 37.4 Å². The fraction of sp³-hybridized carbons (Fsp3) is 0.516. The quantitative estimate of drug-likeness (QED) is 0.194. The third-order valence-corrected chi connectivity index (χ3v) is 10.1. The number of nitrogens with zero attached hydrogens (tertiary/aromatic N) is 1. The maximum Gasteiger partial charge on any atom is 0.162 e. The maximum atomic E-state index is 13.2. The first-order chi connectivity index (χ1) is 17.9. The van der Waals surface area contributed by atoms with E-state index in [0.29, 0.717) is 24.3 Å². The Labute approximate surface area is 221 Å². The van der Waals surface area contributed by atoms with Crippen molar-refractivity contribution in [3.8, 4) is 11.3 Å². The lowest BCUT2D eigenvalue weighted by atomic mass is 9.81. The van der Waals surface area contributed by atoms with Gasteiger partial charge in [-0.05, 0) is 43.2 Å². The number of ketones is 1. The molecule has 5 rings (SSSR count). The van der Waals surface area contributed by atoms with Crippen molar-refractivity contribution in [1.82, 2.24) is 4.57 Å². The Morgan fingerprint density at radius 2 is 1.76 bits per heavy atom. The van der Waals surface area contributed by atoms with Gasteiger partial charge in [-0.25, -0.2) is 8.42 Å². The number of carbonyl (C=O) groups is 1. The molecule has 1 aliphatic heterocycles. The summed E-state index contributed by atoms with van der Waals surface area (Å²) in [6.45, 7) is 2.06. The molecule has 1 fully saturated rings. The van der Waals surface area contributed by atoms with Crippen LogP contribution in [0.15, 0.2) is 42.5 Å². The van der Waals surface area contributed by atoms with E-state index >= 15 is 0 Å². The molecule has 1 saturated carbocycles. The highest BCUT2D eigenvalue weighted by Gasteiger charge is 2.36. The summed E-state index contributed by atoms with van der Waals surface area (Å²) in [5, 5.41) is 1.22. The van der Waals surface area contributed by atoms with Crippen molar-refractivity contribution in [3.05, 3.63) is 59.2 Å². The summed E-state index contributed by atoms with van der Waals surface area (Å²) in [4.78, 5) is 13.2. The standard InChI is InChI=1S/C31H39NO4S/c1-3-4-10-19-37(34,35)20-11-16-28(33)23-17-18-26-27(21-23)32-30(29(26)22-12-6-5-7-13-22)24-14-8-9-15-25(24)31(32)36-2/h8-9,14-15,17-18,21-22,31H,3-7,10-13,16,19-20H2,1-2H3. The molecule has 2 heterocycles. The van der Waals surface area contributed by atoms with E-state index in [4.69, 9.17) is 4.74 Å². The van der Waals surface area contributed by atoms with Gasteiger partial charge < -0.3 is 9.30 Å². The van der Waals surface area contributed by atoms with Crippen molar-refractivity contribution >= 4 is 26.5 Å². The van der Waals surface area contributed by atoms with Crippen LogP contribution in [0.4, 0.5) is 0 Å². The van der Waals surface area contributed by atoms with E-state index in [1.807, 2.05) is 12.1 Å². The Balaban J connectivity index is 1.46. The van der Waals surface area contributed by atoms with Gasteiger partial charge in [-0.3, -0.25) is 4.79 Å². The van der Waals surface area contributed by atoms with Crippen LogP contribution >= 0.6 is 0 Å². The summed E-state index contributed by atoms with van der Waals surface area (Å²) in [7, 11) is -1.35. The predicted molar refractivity (Wildman–Crippen MR) is 150 cm³/mol. The van der Waals surface area contributed by atoms with Crippen molar-refractivity contribution in [2.24, 2.45) is 0 Å². The Morgan fingerprint density at radius 1 is 1.00 bits per heavy atom. The number of hydrogen-bond donors (Lipinski definition) is 0. The maximum absolute atomic E-state index is 13.2. The first-order valence-corrected chi connectivity index (χ1v) is 15.8. The van der Waals surface area contributed by atoms with Gasteiger partial charge in [-0.15, -0.1) is 0 Å². The van der Waals surface area contributed by atoms with Crippen LogP contribution in [-0.2, 0) is 14.6 Å². The molecule has 6 heteroatoms. The second kappa shape index (κ2) is 11.1. The summed E-state index contributed by atoms with van der Waals surface area (Å²) in [5.74, 6) is 0.818. The number of rotatable bonds is 11. The minimum Gasteiger partial charge on any atom is -0.357 e. The summed E-state index contributed by atoms with van der Waals surface area (Å²) in [6.07, 6.45) is 9.22. The van der Waals surface area contributed by atoms with E-state index in [9.17, 15) is 13.2 Å². The molecule has 198 valence electrons. The van der Waals surface area contributed by atoms with E-state index in [1.54, 1.807) is 7.11 Å². The van der Waals surface area contributed by atoms with Gasteiger partial charge in [0, 0.05) is 35.6 Å². The van der Waals surface area contributed by atoms with E-state index in [1.165, 1.54) is 59.9 Å². The Kier molecular flexibility index (Phi) is 7.87. The molecule has 1 aliphatic carbocycles. The Morgan fingerprint density at radius 3 is 2.51 bits per heavy atom. The van der Waals surface area contributed by atoms with E-state index in [-0.39, 0.29) is 29.9 Å². The fourth-order valence-corrected chi connectivity index (χ4v) is 7.84. The normalized spacial score (nSPS) is 17.7. The molecule has 37 heavy (non-hydrogen) atoms. The van der Waals surface area contributed by atoms with Gasteiger partial charge in [0.1, 0.15) is 9.84 Å². The molecular weight excluding hydrogens is 482 g/mol. The second-order valence-electron chi connectivity index (χ2n) is 10.8. The van der Waals surface area contributed by atoms with Crippen LogP contribution in [0.3, 0.4) is 0 Å². The van der Waals surface area contributed by atoms with Gasteiger partial charge in [0.2, 0.25) is 0 Å². The molecule has 0 N–H and O–H groups in total. The molecule has 0 saturated heterocycles. The minimum atomic E-state index is -3.10. The number of Topliss-reactive ketones (excluding diaryl/α,β-unsaturated/α-hetero) is 1. The molecule has 1 aromatic heterocycles. The van der Waals surface area contributed by atoms with Crippen molar-refractivity contribution < 1.29 is 17.9 Å². The average molecular weight is 522 g/mol. The molecule has 3 aromatic rings. The number of benzene rings is 2. The number of unbranched alkanes of at least 4 members (excludes halogenated alkanes) is 2. The second-order valence-corrected chi connectivity index (χ2v) is 13.1. The van der Waals surface area contributed by atoms with Crippen LogP contribution in [0, 0.1) is 0 Å². The zero-order valence-corrected chi connectivity index (χ0v) is 23.0. The van der Waals surface area contributed by atoms with Crippen molar-refractivity contribution in [3.63, 3.8) is 0 Å². The first kappa shape index (κ1) is 26.2. The largest absolute Gasteiger partial charge is 0.357 e. The summed E-state index contributed by atoms with van der Waals surface area (Å²) < 4.78 is 33.0. The number of aromatic nitrogens is 1. The third kappa shape index (κ3) is 5.15. The molecule has 0 bridgehead atoms. The Hall–Kier alpha value is -2.44. The van der Waals surface area contributed by atoms with Gasteiger partial charge in [-0.1, -0.05) is 75.4 Å². The lowest BCUT2D eigenvalue weighted by Gasteiger charge is -2.23. The molecule has 1 atom stereocenters. The van der Waals surface area contributed by atoms with Crippen molar-refractivity contribution in [1.29, 1.82) is 0 Å². The van der Waals surface area contributed by atoms with Crippen LogP contribution in [0.1, 0.15) is 105 Å².